The van der Waals surface area contributed by atoms with Crippen LogP contribution in [0, 0.1) is 33.3 Å². The van der Waals surface area contributed by atoms with Crippen LogP contribution < -0.4 is 4.74 Å². The first kappa shape index (κ1) is 20.7. The van der Waals surface area contributed by atoms with Gasteiger partial charge in [0.15, 0.2) is 11.5 Å². The summed E-state index contributed by atoms with van der Waals surface area (Å²) in [5.74, 6) is -0.611. The van der Waals surface area contributed by atoms with E-state index in [2.05, 4.69) is 18.0 Å². The van der Waals surface area contributed by atoms with E-state index < -0.39 is 16.8 Å². The van der Waals surface area contributed by atoms with Crippen LogP contribution in [-0.4, -0.2) is 23.0 Å². The van der Waals surface area contributed by atoms with E-state index in [9.17, 15) is 20.2 Å². The Kier molecular flexibility index (Phi) is 6.12. The van der Waals surface area contributed by atoms with Crippen LogP contribution in [0.1, 0.15) is 57.9 Å². The van der Waals surface area contributed by atoms with Crippen molar-refractivity contribution < 1.29 is 14.5 Å². The number of nitro groups is 1. The van der Waals surface area contributed by atoms with Crippen molar-refractivity contribution >= 4 is 17.2 Å². The van der Waals surface area contributed by atoms with E-state index in [1.54, 1.807) is 19.1 Å². The Balaban J connectivity index is 2.12. The first-order valence-corrected chi connectivity index (χ1v) is 10.0. The summed E-state index contributed by atoms with van der Waals surface area (Å²) in [6, 6.07) is 6.91. The third-order valence-corrected chi connectivity index (χ3v) is 5.65. The van der Waals surface area contributed by atoms with Gasteiger partial charge in [0.2, 0.25) is 0 Å². The molecule has 29 heavy (non-hydrogen) atoms. The highest BCUT2D eigenvalue weighted by Gasteiger charge is 2.41. The molecule has 3 atom stereocenters. The molecule has 0 amide bonds. The van der Waals surface area contributed by atoms with Gasteiger partial charge in [-0.2, -0.15) is 5.26 Å². The lowest BCUT2D eigenvalue weighted by molar-refractivity contribution is -0.385. The number of hydrogen-bond donors (Lipinski definition) is 0. The minimum Gasteiger partial charge on any atom is -0.487 e. The molecular formula is C22H25N3O4. The largest absolute Gasteiger partial charge is 0.487 e. The second kappa shape index (κ2) is 8.56. The van der Waals surface area contributed by atoms with E-state index in [1.807, 2.05) is 6.92 Å². The molecule has 3 rings (SSSR count). The normalized spacial score (nSPS) is 23.9. The van der Waals surface area contributed by atoms with Crippen molar-refractivity contribution in [2.24, 2.45) is 16.8 Å². The van der Waals surface area contributed by atoms with Gasteiger partial charge >= 0.3 is 5.69 Å². The summed E-state index contributed by atoms with van der Waals surface area (Å²) < 4.78 is 5.48. The van der Waals surface area contributed by atoms with Crippen LogP contribution in [0.5, 0.6) is 5.75 Å². The smallest absolute Gasteiger partial charge is 0.310 e. The Hall–Kier alpha value is -3.01. The lowest BCUT2D eigenvalue weighted by atomic mass is 9.70. The Labute approximate surface area is 170 Å². The number of hydrogen-bond acceptors (Lipinski definition) is 6. The topological polar surface area (TPSA) is 106 Å². The number of nitriles is 1. The standard InChI is InChI=1S/C22H25N3O4/c1-4-6-14-9-17-22(19(26)10-14)21(16(12-23)13(3)24-17)15-7-8-18(25(27)28)20(11-15)29-5-2/h7-8,11,14,16,21H,4-6,9-10H2,1-3H3. The highest BCUT2D eigenvalue weighted by Crippen LogP contribution is 2.46. The number of ketones is 1. The molecule has 0 bridgehead atoms. The second-order valence-electron chi connectivity index (χ2n) is 7.60. The van der Waals surface area contributed by atoms with Gasteiger partial charge in [-0.15, -0.1) is 0 Å². The number of rotatable bonds is 6. The second-order valence-corrected chi connectivity index (χ2v) is 7.60. The highest BCUT2D eigenvalue weighted by atomic mass is 16.6. The predicted molar refractivity (Wildman–Crippen MR) is 109 cm³/mol. The van der Waals surface area contributed by atoms with Crippen LogP contribution in [0.25, 0.3) is 0 Å². The van der Waals surface area contributed by atoms with E-state index in [-0.39, 0.29) is 29.7 Å². The number of ether oxygens (including phenoxy) is 1. The summed E-state index contributed by atoms with van der Waals surface area (Å²) in [7, 11) is 0. The van der Waals surface area contributed by atoms with Crippen LogP contribution in [0.15, 0.2) is 34.5 Å². The zero-order chi connectivity index (χ0) is 21.1. The Morgan fingerprint density at radius 3 is 2.72 bits per heavy atom. The molecule has 0 saturated carbocycles. The predicted octanol–water partition coefficient (Wildman–Crippen LogP) is 4.72. The number of nitrogens with zero attached hydrogens (tertiary/aromatic N) is 3. The maximum atomic E-state index is 13.1. The third kappa shape index (κ3) is 3.93. The van der Waals surface area contributed by atoms with Gasteiger partial charge in [-0.3, -0.25) is 19.9 Å². The SMILES string of the molecule is CCCC1CC(=O)C2=C(C1)N=C(C)C(C#N)C2c1ccc([N+](=O)[O-])c(OCC)c1. The molecule has 1 aromatic carbocycles. The quantitative estimate of drug-likeness (QED) is 0.511. The molecule has 152 valence electrons. The zero-order valence-electron chi connectivity index (χ0n) is 17.0. The molecule has 3 unspecified atom stereocenters. The number of Topliss-reactive ketones (excluding diaryl/α,β-unsaturated/α-hetero) is 1. The molecule has 0 N–H and O–H groups in total. The lowest BCUT2D eigenvalue weighted by Crippen LogP contribution is -2.32. The maximum absolute atomic E-state index is 13.1. The molecule has 0 saturated heterocycles. The van der Waals surface area contributed by atoms with Crippen molar-refractivity contribution in [3.63, 3.8) is 0 Å². The van der Waals surface area contributed by atoms with Gasteiger partial charge in [-0.1, -0.05) is 19.4 Å². The Morgan fingerprint density at radius 1 is 1.34 bits per heavy atom. The lowest BCUT2D eigenvalue weighted by Gasteiger charge is -2.35. The number of allylic oxidation sites excluding steroid dienone is 2. The molecule has 2 aliphatic rings. The van der Waals surface area contributed by atoms with Gasteiger partial charge in [0.05, 0.1) is 23.5 Å². The van der Waals surface area contributed by atoms with Crippen LogP contribution in [-0.2, 0) is 4.79 Å². The van der Waals surface area contributed by atoms with E-state index in [0.717, 1.165) is 25.0 Å². The van der Waals surface area contributed by atoms with Crippen molar-refractivity contribution in [1.82, 2.24) is 0 Å². The van der Waals surface area contributed by atoms with Crippen LogP contribution in [0.4, 0.5) is 5.69 Å². The number of carbonyl (C=O) groups excluding carboxylic acids is 1. The first-order valence-electron chi connectivity index (χ1n) is 10.0. The van der Waals surface area contributed by atoms with Crippen molar-refractivity contribution in [3.05, 3.63) is 45.1 Å². The molecular weight excluding hydrogens is 370 g/mol. The number of carbonyl (C=O) groups is 1. The molecule has 1 heterocycles. The fourth-order valence-corrected chi connectivity index (χ4v) is 4.42. The van der Waals surface area contributed by atoms with Gasteiger partial charge in [0.25, 0.3) is 0 Å². The van der Waals surface area contributed by atoms with E-state index in [0.29, 0.717) is 23.3 Å². The summed E-state index contributed by atoms with van der Waals surface area (Å²) in [5, 5.41) is 21.1. The van der Waals surface area contributed by atoms with E-state index in [1.165, 1.54) is 6.07 Å². The highest BCUT2D eigenvalue weighted by molar-refractivity contribution is 6.03. The summed E-state index contributed by atoms with van der Waals surface area (Å²) >= 11 is 0. The Bertz CT molecular complexity index is 942. The van der Waals surface area contributed by atoms with Gasteiger partial charge in [0.1, 0.15) is 0 Å². The monoisotopic (exact) mass is 395 g/mol. The van der Waals surface area contributed by atoms with Crippen molar-refractivity contribution in [1.29, 1.82) is 5.26 Å². The summed E-state index contributed by atoms with van der Waals surface area (Å²) in [6.07, 6.45) is 3.16. The number of aliphatic imine (C=N–C) groups is 1. The fourth-order valence-electron chi connectivity index (χ4n) is 4.42. The van der Waals surface area contributed by atoms with Crippen LogP contribution >= 0.6 is 0 Å². The molecule has 1 aliphatic carbocycles. The van der Waals surface area contributed by atoms with Crippen LogP contribution in [0.3, 0.4) is 0 Å². The summed E-state index contributed by atoms with van der Waals surface area (Å²) in [4.78, 5) is 28.5. The zero-order valence-corrected chi connectivity index (χ0v) is 17.0. The summed E-state index contributed by atoms with van der Waals surface area (Å²) in [5.41, 5.74) is 2.58. The van der Waals surface area contributed by atoms with Gasteiger partial charge in [0, 0.05) is 35.4 Å². The molecule has 0 radical (unpaired) electrons. The average Bonchev–Trinajstić information content (AvgIpc) is 2.67. The molecule has 7 heteroatoms. The Morgan fingerprint density at radius 2 is 2.10 bits per heavy atom. The van der Waals surface area contributed by atoms with Crippen molar-refractivity contribution in [2.75, 3.05) is 6.61 Å². The average molecular weight is 395 g/mol. The molecule has 1 aliphatic heterocycles. The van der Waals surface area contributed by atoms with Gasteiger partial charge in [-0.05, 0) is 44.2 Å². The van der Waals surface area contributed by atoms with Crippen molar-refractivity contribution in [2.45, 2.75) is 52.4 Å². The van der Waals surface area contributed by atoms with Crippen LogP contribution in [0.2, 0.25) is 0 Å². The van der Waals surface area contributed by atoms with Gasteiger partial charge < -0.3 is 4.74 Å². The van der Waals surface area contributed by atoms with E-state index >= 15 is 0 Å². The first-order chi connectivity index (χ1) is 13.9. The van der Waals surface area contributed by atoms with E-state index in [4.69, 9.17) is 4.74 Å². The molecule has 0 aromatic heterocycles. The number of nitro benzene ring substituents is 1. The summed E-state index contributed by atoms with van der Waals surface area (Å²) in [6.45, 7) is 5.95. The minimum atomic E-state index is -0.587. The molecule has 0 fully saturated rings. The fraction of sp³-hybridized carbons (Fsp3) is 0.500. The minimum absolute atomic E-state index is 0.0301. The molecule has 0 spiro atoms. The van der Waals surface area contributed by atoms with Gasteiger partial charge in [-0.25, -0.2) is 0 Å². The number of benzene rings is 1. The maximum Gasteiger partial charge on any atom is 0.310 e. The molecule has 1 aromatic rings. The third-order valence-electron chi connectivity index (χ3n) is 5.65. The van der Waals surface area contributed by atoms with Crippen molar-refractivity contribution in [3.8, 4) is 11.8 Å². The molecule has 7 nitrogen and oxygen atoms in total.